The van der Waals surface area contributed by atoms with E-state index in [-0.39, 0.29) is 6.04 Å². The molecule has 3 N–H and O–H groups in total. The van der Waals surface area contributed by atoms with E-state index in [0.29, 0.717) is 0 Å². The molecule has 0 amide bonds. The molecule has 0 aliphatic heterocycles. The molecule has 6 heteroatoms. The number of hydrogen-bond donors (Lipinski definition) is 2. The van der Waals surface area contributed by atoms with Gasteiger partial charge in [-0.3, -0.25) is 16.0 Å². The lowest BCUT2D eigenvalue weighted by Crippen LogP contribution is -2.31. The number of hydrazine groups is 1. The fourth-order valence-corrected chi connectivity index (χ4v) is 3.31. The lowest BCUT2D eigenvalue weighted by molar-refractivity contribution is 0.397. The monoisotopic (exact) mass is 306 g/mol. The minimum atomic E-state index is -0.0213. The van der Waals surface area contributed by atoms with Gasteiger partial charge >= 0.3 is 0 Å². The molecule has 2 rings (SSSR count). The van der Waals surface area contributed by atoms with Crippen LogP contribution in [-0.2, 0) is 6.54 Å². The largest absolute Gasteiger partial charge is 0.493 e. The zero-order valence-corrected chi connectivity index (χ0v) is 13.5. The van der Waals surface area contributed by atoms with E-state index in [1.165, 1.54) is 10.5 Å². The van der Waals surface area contributed by atoms with Crippen LogP contribution < -0.4 is 16.0 Å². The van der Waals surface area contributed by atoms with E-state index in [0.717, 1.165) is 23.7 Å². The van der Waals surface area contributed by atoms with E-state index in [9.17, 15) is 0 Å². The molecule has 2 aromatic rings. The highest BCUT2D eigenvalue weighted by atomic mass is 32.2. The van der Waals surface area contributed by atoms with Crippen LogP contribution in [0.1, 0.15) is 24.2 Å². The Balaban J connectivity index is 2.17. The van der Waals surface area contributed by atoms with Crippen LogP contribution in [0, 0.1) is 6.92 Å². The van der Waals surface area contributed by atoms with E-state index in [1.54, 1.807) is 25.1 Å². The molecule has 0 aliphatic rings. The van der Waals surface area contributed by atoms with Gasteiger partial charge in [0.05, 0.1) is 25.0 Å². The molecule has 0 spiro atoms. The second kappa shape index (κ2) is 7.49. The van der Waals surface area contributed by atoms with Gasteiger partial charge in [0.25, 0.3) is 0 Å². The summed E-state index contributed by atoms with van der Waals surface area (Å²) < 4.78 is 7.32. The molecule has 114 valence electrons. The van der Waals surface area contributed by atoms with Crippen molar-refractivity contribution in [1.29, 1.82) is 0 Å². The molecule has 1 aromatic heterocycles. The van der Waals surface area contributed by atoms with Crippen LogP contribution >= 0.6 is 11.8 Å². The number of nitrogens with two attached hydrogens (primary N) is 1. The van der Waals surface area contributed by atoms with Crippen molar-refractivity contribution < 1.29 is 4.74 Å². The lowest BCUT2D eigenvalue weighted by Gasteiger charge is -2.18. The molecule has 0 bridgehead atoms. The lowest BCUT2D eigenvalue weighted by atomic mass is 10.2. The van der Waals surface area contributed by atoms with Crippen molar-refractivity contribution in [2.45, 2.75) is 31.3 Å². The highest BCUT2D eigenvalue weighted by molar-refractivity contribution is 7.99. The summed E-state index contributed by atoms with van der Waals surface area (Å²) in [6.07, 6.45) is 1.74. The molecule has 0 radical (unpaired) electrons. The first kappa shape index (κ1) is 15.9. The average molecular weight is 306 g/mol. The first-order chi connectivity index (χ1) is 10.2. The van der Waals surface area contributed by atoms with Crippen molar-refractivity contribution >= 4 is 11.8 Å². The predicted molar refractivity (Wildman–Crippen MR) is 86.4 cm³/mol. The Morgan fingerprint density at radius 2 is 2.19 bits per heavy atom. The van der Waals surface area contributed by atoms with Crippen LogP contribution in [0.25, 0.3) is 0 Å². The quantitative estimate of drug-likeness (QED) is 0.467. The number of nitrogens with zero attached hydrogens (tertiary/aromatic N) is 2. The minimum absolute atomic E-state index is 0.0213. The number of rotatable bonds is 7. The average Bonchev–Trinajstić information content (AvgIpc) is 2.92. The summed E-state index contributed by atoms with van der Waals surface area (Å²) in [4.78, 5) is 1.26. The third-order valence-corrected chi connectivity index (χ3v) is 4.66. The summed E-state index contributed by atoms with van der Waals surface area (Å²) >= 11 is 1.78. The van der Waals surface area contributed by atoms with E-state index < -0.39 is 0 Å². The van der Waals surface area contributed by atoms with Gasteiger partial charge in [0.2, 0.25) is 0 Å². The van der Waals surface area contributed by atoms with Gasteiger partial charge in [-0.2, -0.15) is 5.10 Å². The first-order valence-electron chi connectivity index (χ1n) is 6.95. The molecule has 1 aromatic carbocycles. The smallest absolute Gasteiger partial charge is 0.161 e. The second-order valence-corrected chi connectivity index (χ2v) is 5.77. The Morgan fingerprint density at radius 3 is 2.81 bits per heavy atom. The number of ether oxygens (including phenoxy) is 1. The van der Waals surface area contributed by atoms with Gasteiger partial charge in [-0.25, -0.2) is 0 Å². The Bertz CT molecular complexity index is 563. The van der Waals surface area contributed by atoms with Crippen molar-refractivity contribution in [3.8, 4) is 5.75 Å². The topological polar surface area (TPSA) is 65.1 Å². The summed E-state index contributed by atoms with van der Waals surface area (Å²) in [6, 6.07) is 8.32. The molecule has 0 saturated carbocycles. The summed E-state index contributed by atoms with van der Waals surface area (Å²) in [6.45, 7) is 4.95. The molecule has 0 aliphatic carbocycles. The van der Waals surface area contributed by atoms with Gasteiger partial charge in [0, 0.05) is 17.2 Å². The number of hydrogen-bond acceptors (Lipinski definition) is 5. The number of aryl methyl sites for hydroxylation is 2. The van der Waals surface area contributed by atoms with E-state index in [4.69, 9.17) is 10.6 Å². The van der Waals surface area contributed by atoms with Gasteiger partial charge in [-0.05, 0) is 25.5 Å². The SMILES string of the molecule is CCn1ncc(OC)c1C(CSc1ccccc1C)NN. The van der Waals surface area contributed by atoms with Crippen LogP contribution in [0.4, 0.5) is 0 Å². The van der Waals surface area contributed by atoms with Crippen molar-refractivity contribution in [2.24, 2.45) is 5.84 Å². The Hall–Kier alpha value is -1.50. The molecule has 1 heterocycles. The van der Waals surface area contributed by atoms with E-state index >= 15 is 0 Å². The van der Waals surface area contributed by atoms with Crippen LogP contribution in [0.15, 0.2) is 35.4 Å². The van der Waals surface area contributed by atoms with Crippen LogP contribution in [0.2, 0.25) is 0 Å². The Labute approximate surface area is 129 Å². The van der Waals surface area contributed by atoms with Crippen molar-refractivity contribution in [2.75, 3.05) is 12.9 Å². The number of benzene rings is 1. The standard InChI is InChI=1S/C15H22N4OS/c1-4-19-15(13(20-3)9-17-19)12(18-16)10-21-14-8-6-5-7-11(14)2/h5-9,12,18H,4,10,16H2,1-3H3. The zero-order valence-electron chi connectivity index (χ0n) is 12.7. The second-order valence-electron chi connectivity index (χ2n) is 4.71. The Kier molecular flexibility index (Phi) is 5.67. The fourth-order valence-electron chi connectivity index (χ4n) is 2.24. The summed E-state index contributed by atoms with van der Waals surface area (Å²) in [7, 11) is 1.66. The third-order valence-electron chi connectivity index (χ3n) is 3.39. The van der Waals surface area contributed by atoms with Crippen molar-refractivity contribution in [3.05, 3.63) is 41.7 Å². The molecule has 21 heavy (non-hydrogen) atoms. The molecule has 5 nitrogen and oxygen atoms in total. The number of nitrogens with one attached hydrogen (secondary N) is 1. The van der Waals surface area contributed by atoms with Crippen molar-refractivity contribution in [1.82, 2.24) is 15.2 Å². The molecule has 0 fully saturated rings. The molecular formula is C15H22N4OS. The highest BCUT2D eigenvalue weighted by Gasteiger charge is 2.21. The number of methoxy groups -OCH3 is 1. The third kappa shape index (κ3) is 3.58. The van der Waals surface area contributed by atoms with Gasteiger partial charge in [-0.1, -0.05) is 18.2 Å². The maximum Gasteiger partial charge on any atom is 0.161 e. The van der Waals surface area contributed by atoms with Gasteiger partial charge < -0.3 is 4.74 Å². The predicted octanol–water partition coefficient (Wildman–Crippen LogP) is 2.52. The molecule has 1 unspecified atom stereocenters. The highest BCUT2D eigenvalue weighted by Crippen LogP contribution is 2.30. The summed E-state index contributed by atoms with van der Waals surface area (Å²) in [5.41, 5.74) is 5.14. The normalized spacial score (nSPS) is 12.4. The number of thioether (sulfide) groups is 1. The van der Waals surface area contributed by atoms with E-state index in [2.05, 4.69) is 42.6 Å². The molecule has 0 saturated heterocycles. The summed E-state index contributed by atoms with van der Waals surface area (Å²) in [5.74, 6) is 7.33. The number of aromatic nitrogens is 2. The van der Waals surface area contributed by atoms with Crippen LogP contribution in [0.5, 0.6) is 5.75 Å². The first-order valence-corrected chi connectivity index (χ1v) is 7.94. The fraction of sp³-hybridized carbons (Fsp3) is 0.400. The van der Waals surface area contributed by atoms with Crippen LogP contribution in [0.3, 0.4) is 0 Å². The van der Waals surface area contributed by atoms with Gasteiger partial charge in [-0.15, -0.1) is 11.8 Å². The Morgan fingerprint density at radius 1 is 1.43 bits per heavy atom. The van der Waals surface area contributed by atoms with E-state index in [1.807, 2.05) is 10.7 Å². The van der Waals surface area contributed by atoms with Crippen molar-refractivity contribution in [3.63, 3.8) is 0 Å². The summed E-state index contributed by atoms with van der Waals surface area (Å²) in [5, 5.41) is 4.33. The minimum Gasteiger partial charge on any atom is -0.493 e. The zero-order chi connectivity index (χ0) is 15.2. The van der Waals surface area contributed by atoms with Gasteiger partial charge in [0.1, 0.15) is 0 Å². The molecule has 1 atom stereocenters. The molecular weight excluding hydrogens is 284 g/mol. The maximum atomic E-state index is 5.75. The van der Waals surface area contributed by atoms with Gasteiger partial charge in [0.15, 0.2) is 5.75 Å². The van der Waals surface area contributed by atoms with Crippen LogP contribution in [-0.4, -0.2) is 22.6 Å². The maximum absolute atomic E-state index is 5.75.